The summed E-state index contributed by atoms with van der Waals surface area (Å²) in [5.74, 6) is -0.248. The summed E-state index contributed by atoms with van der Waals surface area (Å²) in [6.45, 7) is 1.64. The van der Waals surface area contributed by atoms with Gasteiger partial charge in [0.15, 0.2) is 11.6 Å². The fourth-order valence-corrected chi connectivity index (χ4v) is 4.16. The van der Waals surface area contributed by atoms with E-state index in [1.165, 1.54) is 24.5 Å². The fourth-order valence-electron chi connectivity index (χ4n) is 3.23. The van der Waals surface area contributed by atoms with Crippen LogP contribution in [0.4, 0.5) is 9.52 Å². The fraction of sp³-hybridized carbons (Fsp3) is 0.412. The van der Waals surface area contributed by atoms with Gasteiger partial charge >= 0.3 is 0 Å². The van der Waals surface area contributed by atoms with Crippen molar-refractivity contribution in [3.63, 3.8) is 0 Å². The zero-order valence-electron chi connectivity index (χ0n) is 14.4. The number of anilines is 1. The third-order valence-electron chi connectivity index (χ3n) is 4.87. The summed E-state index contributed by atoms with van der Waals surface area (Å²) in [6.07, 6.45) is 2.88. The number of para-hydroxylation sites is 1. The highest BCUT2D eigenvalue weighted by atomic mass is 32.1. The molecule has 0 amide bonds. The molecule has 0 spiro atoms. The number of hydrogen-bond donors (Lipinski definition) is 2. The molecule has 4 rings (SSSR count). The smallest absolute Gasteiger partial charge is 0.214 e. The molecule has 1 saturated heterocycles. The molecule has 1 aromatic carbocycles. The molecule has 138 valence electrons. The van der Waals surface area contributed by atoms with Crippen molar-refractivity contribution in [2.24, 2.45) is 5.73 Å². The predicted octanol–water partition coefficient (Wildman–Crippen LogP) is 1.90. The van der Waals surface area contributed by atoms with Crippen LogP contribution in [0.1, 0.15) is 12.8 Å². The van der Waals surface area contributed by atoms with Crippen molar-refractivity contribution < 1.29 is 14.2 Å². The van der Waals surface area contributed by atoms with Crippen LogP contribution in [0.5, 0.6) is 5.75 Å². The molecule has 7 nitrogen and oxygen atoms in total. The Kier molecular flexibility index (Phi) is 4.29. The largest absolute Gasteiger partial charge is 0.493 e. The second kappa shape index (κ2) is 6.49. The zero-order chi connectivity index (χ0) is 18.3. The lowest BCUT2D eigenvalue weighted by Gasteiger charge is -2.37. The number of imidazole rings is 1. The number of hydrogen-bond acceptors (Lipinski definition) is 7. The topological polar surface area (TPSA) is 88.9 Å². The molecular formula is C17H20FN5O2S. The van der Waals surface area contributed by atoms with Crippen molar-refractivity contribution in [3.05, 3.63) is 30.2 Å². The predicted molar refractivity (Wildman–Crippen MR) is 98.3 cm³/mol. The number of rotatable bonds is 4. The van der Waals surface area contributed by atoms with Gasteiger partial charge in [-0.3, -0.25) is 0 Å². The quantitative estimate of drug-likeness (QED) is 0.722. The number of ether oxygens (including phenoxy) is 1. The molecule has 1 fully saturated rings. The minimum atomic E-state index is -0.784. The van der Waals surface area contributed by atoms with Gasteiger partial charge in [-0.05, 0) is 25.0 Å². The van der Waals surface area contributed by atoms with Gasteiger partial charge in [-0.15, -0.1) is 5.10 Å². The molecule has 2 aromatic heterocycles. The summed E-state index contributed by atoms with van der Waals surface area (Å²) in [5.41, 5.74) is 6.15. The summed E-state index contributed by atoms with van der Waals surface area (Å²) in [5, 5.41) is 15.8. The first-order valence-electron chi connectivity index (χ1n) is 8.39. The van der Waals surface area contributed by atoms with Gasteiger partial charge in [0.1, 0.15) is 0 Å². The Morgan fingerprint density at radius 1 is 1.38 bits per heavy atom. The lowest BCUT2D eigenvalue weighted by Crippen LogP contribution is -2.48. The number of halogens is 1. The van der Waals surface area contributed by atoms with E-state index in [1.807, 2.05) is 0 Å². The molecule has 0 unspecified atom stereocenters. The van der Waals surface area contributed by atoms with Gasteiger partial charge in [0.2, 0.25) is 10.1 Å². The van der Waals surface area contributed by atoms with E-state index < -0.39 is 11.4 Å². The maximum Gasteiger partial charge on any atom is 0.214 e. The van der Waals surface area contributed by atoms with Gasteiger partial charge in [-0.1, -0.05) is 17.4 Å². The minimum absolute atomic E-state index is 0.176. The summed E-state index contributed by atoms with van der Waals surface area (Å²) in [7, 11) is 1.44. The number of fused-ring (bicyclic) bond motifs is 1. The van der Waals surface area contributed by atoms with E-state index >= 15 is 0 Å². The van der Waals surface area contributed by atoms with Gasteiger partial charge in [0, 0.05) is 25.2 Å². The lowest BCUT2D eigenvalue weighted by atomic mass is 9.92. The Balaban J connectivity index is 1.68. The summed E-state index contributed by atoms with van der Waals surface area (Å²) in [4.78, 5) is 7.25. The van der Waals surface area contributed by atoms with Crippen LogP contribution in [0.3, 0.4) is 0 Å². The van der Waals surface area contributed by atoms with E-state index in [0.29, 0.717) is 37.2 Å². The van der Waals surface area contributed by atoms with Crippen molar-refractivity contribution in [3.8, 4) is 17.0 Å². The molecule has 0 aliphatic carbocycles. The Labute approximate surface area is 153 Å². The molecule has 0 atom stereocenters. The van der Waals surface area contributed by atoms with E-state index in [1.54, 1.807) is 22.8 Å². The second-order valence-electron chi connectivity index (χ2n) is 6.46. The van der Waals surface area contributed by atoms with Crippen LogP contribution >= 0.6 is 11.3 Å². The molecule has 3 N–H and O–H groups in total. The van der Waals surface area contributed by atoms with Crippen molar-refractivity contribution in [2.45, 2.75) is 18.4 Å². The number of benzene rings is 1. The number of aromatic nitrogens is 3. The van der Waals surface area contributed by atoms with Crippen LogP contribution < -0.4 is 15.4 Å². The highest BCUT2D eigenvalue weighted by molar-refractivity contribution is 7.20. The average molecular weight is 377 g/mol. The Bertz CT molecular complexity index is 933. The molecule has 26 heavy (non-hydrogen) atoms. The maximum atomic E-state index is 14.0. The molecule has 0 bridgehead atoms. The number of nitrogens with two attached hydrogens (primary N) is 1. The molecule has 3 aromatic rings. The highest BCUT2D eigenvalue weighted by Crippen LogP contribution is 2.35. The first-order valence-corrected chi connectivity index (χ1v) is 9.21. The number of methoxy groups -OCH3 is 1. The highest BCUT2D eigenvalue weighted by Gasteiger charge is 2.32. The van der Waals surface area contributed by atoms with Gasteiger partial charge in [0.25, 0.3) is 0 Å². The number of nitrogens with zero attached hydrogens (tertiary/aromatic N) is 4. The van der Waals surface area contributed by atoms with Gasteiger partial charge < -0.3 is 20.5 Å². The monoisotopic (exact) mass is 377 g/mol. The van der Waals surface area contributed by atoms with Crippen molar-refractivity contribution >= 4 is 21.4 Å². The standard InChI is InChI=1S/C17H20FN5O2S/c1-25-14-11(3-2-4-12(14)18)13-9-20-15-23(13)21-16(26-15)22-7-5-17(24,10-19)6-8-22/h2-4,9,24H,5-8,10,19H2,1H3. The van der Waals surface area contributed by atoms with Crippen molar-refractivity contribution in [1.29, 1.82) is 0 Å². The van der Waals surface area contributed by atoms with Crippen molar-refractivity contribution in [1.82, 2.24) is 14.6 Å². The van der Waals surface area contributed by atoms with Gasteiger partial charge in [-0.2, -0.15) is 0 Å². The number of aliphatic hydroxyl groups is 1. The molecule has 0 saturated carbocycles. The Morgan fingerprint density at radius 2 is 2.15 bits per heavy atom. The SMILES string of the molecule is COc1c(F)cccc1-c1cnc2sc(N3CCC(O)(CN)CC3)nn12. The number of piperidine rings is 1. The first kappa shape index (κ1) is 17.2. The molecule has 1 aliphatic heterocycles. The molecule has 1 aliphatic rings. The third kappa shape index (κ3) is 2.81. The molecule has 9 heteroatoms. The van der Waals surface area contributed by atoms with Crippen LogP contribution in [-0.4, -0.2) is 52.0 Å². The molecular weight excluding hydrogens is 357 g/mol. The van der Waals surface area contributed by atoms with Crippen LogP contribution in [0.25, 0.3) is 16.2 Å². The van der Waals surface area contributed by atoms with Crippen molar-refractivity contribution in [2.75, 3.05) is 31.6 Å². The maximum absolute atomic E-state index is 14.0. The van der Waals surface area contributed by atoms with E-state index in [0.717, 1.165) is 10.1 Å². The van der Waals surface area contributed by atoms with Crippen LogP contribution in [0.2, 0.25) is 0 Å². The Morgan fingerprint density at radius 3 is 2.85 bits per heavy atom. The first-order chi connectivity index (χ1) is 12.5. The van der Waals surface area contributed by atoms with Crippen LogP contribution in [0.15, 0.2) is 24.4 Å². The van der Waals surface area contributed by atoms with E-state index in [4.69, 9.17) is 10.5 Å². The average Bonchev–Trinajstić information content (AvgIpc) is 3.23. The van der Waals surface area contributed by atoms with Crippen LogP contribution in [-0.2, 0) is 0 Å². The van der Waals surface area contributed by atoms with Gasteiger partial charge in [0.05, 0.1) is 24.6 Å². The van der Waals surface area contributed by atoms with E-state index in [2.05, 4.69) is 15.0 Å². The van der Waals surface area contributed by atoms with E-state index in [-0.39, 0.29) is 12.3 Å². The lowest BCUT2D eigenvalue weighted by molar-refractivity contribution is 0.0249. The Hall–Kier alpha value is -2.23. The van der Waals surface area contributed by atoms with Crippen LogP contribution in [0, 0.1) is 5.82 Å². The van der Waals surface area contributed by atoms with Gasteiger partial charge in [-0.25, -0.2) is 13.9 Å². The molecule has 0 radical (unpaired) electrons. The van der Waals surface area contributed by atoms with E-state index in [9.17, 15) is 9.50 Å². The second-order valence-corrected chi connectivity index (χ2v) is 7.39. The normalized spacial score (nSPS) is 17.0. The summed E-state index contributed by atoms with van der Waals surface area (Å²) in [6, 6.07) is 4.78. The summed E-state index contributed by atoms with van der Waals surface area (Å²) < 4.78 is 21.0. The molecule has 3 heterocycles. The third-order valence-corrected chi connectivity index (χ3v) is 5.85. The summed E-state index contributed by atoms with van der Waals surface area (Å²) >= 11 is 1.46. The minimum Gasteiger partial charge on any atom is -0.493 e. The zero-order valence-corrected chi connectivity index (χ0v) is 15.2.